The lowest BCUT2D eigenvalue weighted by Gasteiger charge is -2.14. The van der Waals surface area contributed by atoms with Crippen molar-refractivity contribution in [3.05, 3.63) is 33.8 Å². The van der Waals surface area contributed by atoms with Crippen molar-refractivity contribution in [1.82, 2.24) is 15.5 Å². The maximum absolute atomic E-state index is 12.0. The van der Waals surface area contributed by atoms with Crippen LogP contribution in [-0.4, -0.2) is 28.4 Å². The number of nitrogens with zero attached hydrogens (tertiary/aromatic N) is 2. The van der Waals surface area contributed by atoms with E-state index in [9.17, 15) is 4.79 Å². The number of rotatable bonds is 7. The van der Waals surface area contributed by atoms with E-state index in [-0.39, 0.29) is 17.7 Å². The summed E-state index contributed by atoms with van der Waals surface area (Å²) in [7, 11) is 0. The van der Waals surface area contributed by atoms with Crippen molar-refractivity contribution in [1.29, 1.82) is 0 Å². The smallest absolute Gasteiger partial charge is 0.230 e. The molecule has 23 heavy (non-hydrogen) atoms. The average molecular weight is 391 g/mol. The van der Waals surface area contributed by atoms with E-state index in [4.69, 9.17) is 23.2 Å². The van der Waals surface area contributed by atoms with E-state index >= 15 is 0 Å². The maximum atomic E-state index is 12.0. The first-order chi connectivity index (χ1) is 11.0. The van der Waals surface area contributed by atoms with Crippen molar-refractivity contribution in [3.8, 4) is 0 Å². The predicted octanol–water partition coefficient (Wildman–Crippen LogP) is 4.25. The van der Waals surface area contributed by atoms with Gasteiger partial charge in [-0.1, -0.05) is 52.4 Å². The van der Waals surface area contributed by atoms with E-state index in [0.717, 1.165) is 21.6 Å². The van der Waals surface area contributed by atoms with E-state index in [1.54, 1.807) is 12.1 Å². The molecule has 1 aromatic heterocycles. The quantitative estimate of drug-likeness (QED) is 0.691. The Morgan fingerprint density at radius 3 is 2.83 bits per heavy atom. The Labute approximate surface area is 153 Å². The molecule has 2 N–H and O–H groups in total. The first kappa shape index (κ1) is 18.3. The number of hydrogen-bond acceptors (Lipinski definition) is 6. The monoisotopic (exact) mass is 390 g/mol. The molecule has 2 aromatic rings. The fourth-order valence-corrected chi connectivity index (χ4v) is 3.70. The molecule has 0 aliphatic heterocycles. The van der Waals surface area contributed by atoms with Gasteiger partial charge in [-0.2, -0.15) is 0 Å². The molecule has 0 aliphatic rings. The van der Waals surface area contributed by atoms with Gasteiger partial charge < -0.3 is 10.6 Å². The second-order valence-electron chi connectivity index (χ2n) is 4.65. The molecule has 1 aromatic carbocycles. The fourth-order valence-electron chi connectivity index (χ4n) is 1.77. The molecule has 1 amide bonds. The molecule has 1 heterocycles. The van der Waals surface area contributed by atoms with Crippen LogP contribution < -0.4 is 10.6 Å². The molecule has 0 spiro atoms. The highest BCUT2D eigenvalue weighted by molar-refractivity contribution is 8.01. The highest BCUT2D eigenvalue weighted by Crippen LogP contribution is 2.27. The molecule has 1 atom stereocenters. The van der Waals surface area contributed by atoms with Crippen molar-refractivity contribution < 1.29 is 4.79 Å². The molecule has 0 bridgehead atoms. The molecule has 0 radical (unpaired) electrons. The van der Waals surface area contributed by atoms with Crippen molar-refractivity contribution in [2.45, 2.75) is 24.2 Å². The largest absolute Gasteiger partial charge is 0.360 e. The zero-order valence-corrected chi connectivity index (χ0v) is 15.7. The van der Waals surface area contributed by atoms with Crippen LogP contribution in [0.1, 0.15) is 25.5 Å². The van der Waals surface area contributed by atoms with Gasteiger partial charge in [0.15, 0.2) is 4.34 Å². The van der Waals surface area contributed by atoms with E-state index in [2.05, 4.69) is 20.8 Å². The van der Waals surface area contributed by atoms with Crippen molar-refractivity contribution in [2.75, 3.05) is 17.6 Å². The zero-order chi connectivity index (χ0) is 16.8. The lowest BCUT2D eigenvalue weighted by atomic mass is 10.1. The summed E-state index contributed by atoms with van der Waals surface area (Å²) in [6.45, 7) is 4.68. The standard InChI is InChI=1S/C14H16Cl2N4OS2/c1-3-17-13-19-20-14(23-13)22-7-12(21)18-8(2)9-4-5-10(15)11(16)6-9/h4-6,8H,3,7H2,1-2H3,(H,17,19)(H,18,21). The van der Waals surface area contributed by atoms with E-state index in [0.29, 0.717) is 10.0 Å². The Bertz CT molecular complexity index is 681. The normalized spacial score (nSPS) is 12.0. The zero-order valence-electron chi connectivity index (χ0n) is 12.6. The van der Waals surface area contributed by atoms with Crippen LogP contribution in [0.3, 0.4) is 0 Å². The minimum Gasteiger partial charge on any atom is -0.360 e. The van der Waals surface area contributed by atoms with Gasteiger partial charge in [-0.3, -0.25) is 4.79 Å². The average Bonchev–Trinajstić information content (AvgIpc) is 2.96. The Balaban J connectivity index is 1.84. The van der Waals surface area contributed by atoms with Gasteiger partial charge in [0.05, 0.1) is 21.8 Å². The van der Waals surface area contributed by atoms with Crippen molar-refractivity contribution in [2.24, 2.45) is 0 Å². The topological polar surface area (TPSA) is 66.9 Å². The molecule has 9 heteroatoms. The van der Waals surface area contributed by atoms with Crippen LogP contribution >= 0.6 is 46.3 Å². The number of anilines is 1. The van der Waals surface area contributed by atoms with Crippen LogP contribution in [-0.2, 0) is 4.79 Å². The number of halogens is 2. The van der Waals surface area contributed by atoms with Crippen LogP contribution in [0.5, 0.6) is 0 Å². The summed E-state index contributed by atoms with van der Waals surface area (Å²) < 4.78 is 0.762. The van der Waals surface area contributed by atoms with Crippen LogP contribution in [0.4, 0.5) is 5.13 Å². The summed E-state index contributed by atoms with van der Waals surface area (Å²) in [5.74, 6) is 0.209. The summed E-state index contributed by atoms with van der Waals surface area (Å²) in [6.07, 6.45) is 0. The molecule has 0 saturated heterocycles. The maximum Gasteiger partial charge on any atom is 0.230 e. The number of benzene rings is 1. The third-order valence-electron chi connectivity index (χ3n) is 2.88. The van der Waals surface area contributed by atoms with Gasteiger partial charge in [-0.25, -0.2) is 0 Å². The van der Waals surface area contributed by atoms with Crippen LogP contribution in [0, 0.1) is 0 Å². The molecule has 1 unspecified atom stereocenters. The first-order valence-electron chi connectivity index (χ1n) is 6.94. The Hall–Kier alpha value is -1.02. The molecular formula is C14H16Cl2N4OS2. The second kappa shape index (κ2) is 8.73. The van der Waals surface area contributed by atoms with E-state index in [1.807, 2.05) is 19.9 Å². The molecule has 124 valence electrons. The van der Waals surface area contributed by atoms with Gasteiger partial charge in [0.25, 0.3) is 0 Å². The van der Waals surface area contributed by atoms with Crippen molar-refractivity contribution >= 4 is 57.3 Å². The summed E-state index contributed by atoms with van der Waals surface area (Å²) in [5.41, 5.74) is 0.906. The van der Waals surface area contributed by atoms with Gasteiger partial charge in [-0.05, 0) is 31.5 Å². The number of thioether (sulfide) groups is 1. The predicted molar refractivity (Wildman–Crippen MR) is 97.8 cm³/mol. The Morgan fingerprint density at radius 1 is 1.35 bits per heavy atom. The highest BCUT2D eigenvalue weighted by atomic mass is 35.5. The van der Waals surface area contributed by atoms with Crippen LogP contribution in [0.15, 0.2) is 22.5 Å². The number of aromatic nitrogens is 2. The molecule has 0 saturated carbocycles. The first-order valence-corrected chi connectivity index (χ1v) is 9.50. The minimum atomic E-state index is -0.149. The number of hydrogen-bond donors (Lipinski definition) is 2. The highest BCUT2D eigenvalue weighted by Gasteiger charge is 2.12. The number of amides is 1. The SMILES string of the molecule is CCNc1nnc(SCC(=O)NC(C)c2ccc(Cl)c(Cl)c2)s1. The van der Waals surface area contributed by atoms with Crippen LogP contribution in [0.25, 0.3) is 0 Å². The molecule has 5 nitrogen and oxygen atoms in total. The third kappa shape index (κ3) is 5.53. The second-order valence-corrected chi connectivity index (χ2v) is 7.67. The summed E-state index contributed by atoms with van der Waals surface area (Å²) in [5, 5.41) is 15.8. The van der Waals surface area contributed by atoms with E-state index < -0.39 is 0 Å². The van der Waals surface area contributed by atoms with Gasteiger partial charge in [-0.15, -0.1) is 10.2 Å². The molecule has 0 aliphatic carbocycles. The Kier molecular flexibility index (Phi) is 6.95. The van der Waals surface area contributed by atoms with Gasteiger partial charge in [0, 0.05) is 6.54 Å². The van der Waals surface area contributed by atoms with E-state index in [1.165, 1.54) is 23.1 Å². The minimum absolute atomic E-state index is 0.0752. The summed E-state index contributed by atoms with van der Waals surface area (Å²) in [4.78, 5) is 12.0. The third-order valence-corrected chi connectivity index (χ3v) is 5.64. The lowest BCUT2D eigenvalue weighted by molar-refractivity contribution is -0.119. The summed E-state index contributed by atoms with van der Waals surface area (Å²) >= 11 is 14.7. The molecule has 2 rings (SSSR count). The fraction of sp³-hybridized carbons (Fsp3) is 0.357. The van der Waals surface area contributed by atoms with Gasteiger partial charge in [0.2, 0.25) is 11.0 Å². The number of carbonyl (C=O) groups excluding carboxylic acids is 1. The van der Waals surface area contributed by atoms with Gasteiger partial charge >= 0.3 is 0 Å². The summed E-state index contributed by atoms with van der Waals surface area (Å²) in [6, 6.07) is 5.18. The molecular weight excluding hydrogens is 375 g/mol. The lowest BCUT2D eigenvalue weighted by Crippen LogP contribution is -2.28. The van der Waals surface area contributed by atoms with Crippen molar-refractivity contribution in [3.63, 3.8) is 0 Å². The molecule has 0 fully saturated rings. The van der Waals surface area contributed by atoms with Gasteiger partial charge in [0.1, 0.15) is 0 Å². The number of nitrogens with one attached hydrogen (secondary N) is 2. The number of carbonyl (C=O) groups is 1. The van der Waals surface area contributed by atoms with Crippen LogP contribution in [0.2, 0.25) is 10.0 Å². The Morgan fingerprint density at radius 2 is 2.13 bits per heavy atom.